The molecule has 1 amide bonds. The summed E-state index contributed by atoms with van der Waals surface area (Å²) in [6.07, 6.45) is -1.50. The van der Waals surface area contributed by atoms with Crippen LogP contribution in [0.1, 0.15) is 32.9 Å². The van der Waals surface area contributed by atoms with Crippen LogP contribution in [0.5, 0.6) is 0 Å². The first kappa shape index (κ1) is 32.7. The highest BCUT2D eigenvalue weighted by Crippen LogP contribution is 2.33. The number of pyridine rings is 2. The summed E-state index contributed by atoms with van der Waals surface area (Å²) < 4.78 is 69.5. The maximum atomic E-state index is 15.4. The zero-order valence-electron chi connectivity index (χ0n) is 25.9. The minimum absolute atomic E-state index is 0.0305. The fraction of sp³-hybridized carbons (Fsp3) is 0.375. The molecule has 4 aromatic rings. The third kappa shape index (κ3) is 6.08. The van der Waals surface area contributed by atoms with E-state index in [1.807, 2.05) is 19.9 Å². The van der Waals surface area contributed by atoms with Gasteiger partial charge in [-0.1, -0.05) is 0 Å². The number of carbonyl (C=O) groups is 2. The second-order valence-corrected chi connectivity index (χ2v) is 11.3. The predicted octanol–water partition coefficient (Wildman–Crippen LogP) is 4.05. The monoisotopic (exact) mass is 643 g/mol. The molecule has 1 fully saturated rings. The molecule has 1 aliphatic rings. The van der Waals surface area contributed by atoms with E-state index in [-0.39, 0.29) is 36.4 Å². The first-order chi connectivity index (χ1) is 21.7. The van der Waals surface area contributed by atoms with E-state index < -0.39 is 48.1 Å². The van der Waals surface area contributed by atoms with Gasteiger partial charge in [0.15, 0.2) is 0 Å². The number of amides is 1. The van der Waals surface area contributed by atoms with Crippen molar-refractivity contribution in [2.24, 2.45) is 7.05 Å². The zero-order valence-corrected chi connectivity index (χ0v) is 25.9. The number of esters is 1. The normalized spacial score (nSPS) is 16.0. The van der Waals surface area contributed by atoms with Gasteiger partial charge in [-0.05, 0) is 62.2 Å². The van der Waals surface area contributed by atoms with Crippen LogP contribution in [0.15, 0.2) is 47.5 Å². The van der Waals surface area contributed by atoms with Crippen LogP contribution in [0.4, 0.5) is 23.2 Å². The van der Waals surface area contributed by atoms with E-state index in [1.54, 1.807) is 40.5 Å². The number of ether oxygens (including phenoxy) is 2. The Morgan fingerprint density at radius 3 is 2.57 bits per heavy atom. The summed E-state index contributed by atoms with van der Waals surface area (Å²) in [5.74, 6) is -2.78. The third-order valence-corrected chi connectivity index (χ3v) is 8.31. The van der Waals surface area contributed by atoms with E-state index in [4.69, 9.17) is 9.47 Å². The molecule has 1 aliphatic heterocycles. The summed E-state index contributed by atoms with van der Waals surface area (Å²) in [5.41, 5.74) is 3.04. The van der Waals surface area contributed by atoms with Crippen LogP contribution in [0.3, 0.4) is 0 Å². The topological polar surface area (TPSA) is 107 Å². The third-order valence-electron chi connectivity index (χ3n) is 8.31. The highest BCUT2D eigenvalue weighted by Gasteiger charge is 2.45. The van der Waals surface area contributed by atoms with Crippen molar-refractivity contribution in [2.45, 2.75) is 45.5 Å². The second-order valence-electron chi connectivity index (χ2n) is 11.3. The molecule has 10 nitrogen and oxygen atoms in total. The molecule has 244 valence electrons. The number of hydrogen-bond acceptors (Lipinski definition) is 7. The maximum absolute atomic E-state index is 15.4. The number of morpholine rings is 1. The van der Waals surface area contributed by atoms with Gasteiger partial charge < -0.3 is 28.7 Å². The summed E-state index contributed by atoms with van der Waals surface area (Å²) in [7, 11) is 2.83. The maximum Gasteiger partial charge on any atom is 0.411 e. The average molecular weight is 644 g/mol. The summed E-state index contributed by atoms with van der Waals surface area (Å²) in [5, 5.41) is 2.53. The molecule has 1 N–H and O–H groups in total. The summed E-state index contributed by atoms with van der Waals surface area (Å²) >= 11 is 0. The minimum atomic E-state index is -4.61. The van der Waals surface area contributed by atoms with Gasteiger partial charge in [0.1, 0.15) is 23.5 Å². The number of aryl methyl sites for hydroxylation is 3. The number of halogens is 4. The fourth-order valence-electron chi connectivity index (χ4n) is 5.88. The van der Waals surface area contributed by atoms with Gasteiger partial charge in [-0.2, -0.15) is 13.2 Å². The number of imidazole rings is 1. The standard InChI is InChI=1S/C32H33F4N5O5/c1-17-12-19(3)39(4)30(43)26(17)22-7-6-20(41-9-8-37-28(22)41)15-24(31(44)45-5)38-29(42)27-18(2)13-21(14-23(27)33)40-10-11-46-16-25(40)32(34,35)36/h6-9,12-14,24-25H,10-11,15-16H2,1-5H3,(H,38,42)/t24-,25+/m0/s1. The van der Waals surface area contributed by atoms with Crippen molar-refractivity contribution < 1.29 is 36.6 Å². The number of aromatic nitrogens is 3. The van der Waals surface area contributed by atoms with E-state index in [9.17, 15) is 27.6 Å². The zero-order chi connectivity index (χ0) is 33.5. The molecule has 0 aliphatic carbocycles. The Labute approximate surface area is 261 Å². The number of hydrogen-bond donors (Lipinski definition) is 1. The SMILES string of the molecule is COC(=O)[C@H](Cc1ccc(-c2c(C)cc(C)n(C)c2=O)c2nccn12)NC(=O)c1c(C)cc(N2CCOC[C@@H]2C(F)(F)F)cc1F. The van der Waals surface area contributed by atoms with Gasteiger partial charge in [-0.25, -0.2) is 14.2 Å². The second kappa shape index (κ2) is 12.6. The van der Waals surface area contributed by atoms with E-state index in [1.165, 1.54) is 13.0 Å². The molecule has 46 heavy (non-hydrogen) atoms. The van der Waals surface area contributed by atoms with Crippen LogP contribution >= 0.6 is 0 Å². The summed E-state index contributed by atoms with van der Waals surface area (Å²) in [4.78, 5) is 44.8. The highest BCUT2D eigenvalue weighted by atomic mass is 19.4. The lowest BCUT2D eigenvalue weighted by atomic mass is 10.0. The quantitative estimate of drug-likeness (QED) is 0.239. The molecule has 0 unspecified atom stereocenters. The Morgan fingerprint density at radius 2 is 1.89 bits per heavy atom. The van der Waals surface area contributed by atoms with Gasteiger partial charge >= 0.3 is 12.1 Å². The number of fused-ring (bicyclic) bond motifs is 1. The minimum Gasteiger partial charge on any atom is -0.467 e. The molecule has 2 atom stereocenters. The van der Waals surface area contributed by atoms with E-state index in [0.717, 1.165) is 29.3 Å². The van der Waals surface area contributed by atoms with Crippen molar-refractivity contribution in [1.82, 2.24) is 19.3 Å². The summed E-state index contributed by atoms with van der Waals surface area (Å²) in [6.45, 7) is 4.40. The molecule has 0 bridgehead atoms. The summed E-state index contributed by atoms with van der Waals surface area (Å²) in [6, 6.07) is 4.27. The van der Waals surface area contributed by atoms with Crippen LogP contribution in [-0.4, -0.2) is 71.0 Å². The molecule has 0 saturated carbocycles. The van der Waals surface area contributed by atoms with Crippen LogP contribution in [0.25, 0.3) is 16.8 Å². The molecular weight excluding hydrogens is 610 g/mol. The fourth-order valence-corrected chi connectivity index (χ4v) is 5.88. The van der Waals surface area contributed by atoms with Crippen molar-refractivity contribution >= 4 is 23.2 Å². The van der Waals surface area contributed by atoms with Gasteiger partial charge in [0.2, 0.25) is 0 Å². The molecule has 0 spiro atoms. The predicted molar refractivity (Wildman–Crippen MR) is 161 cm³/mol. The van der Waals surface area contributed by atoms with Crippen LogP contribution in [0.2, 0.25) is 0 Å². The molecule has 3 aromatic heterocycles. The lowest BCUT2D eigenvalue weighted by Crippen LogP contribution is -2.53. The van der Waals surface area contributed by atoms with Gasteiger partial charge in [0.05, 0.1) is 31.5 Å². The van der Waals surface area contributed by atoms with E-state index in [2.05, 4.69) is 10.3 Å². The first-order valence-corrected chi connectivity index (χ1v) is 14.4. The number of carbonyl (C=O) groups excluding carboxylic acids is 2. The lowest BCUT2D eigenvalue weighted by molar-refractivity contribution is -0.167. The van der Waals surface area contributed by atoms with Gasteiger partial charge in [-0.15, -0.1) is 0 Å². The van der Waals surface area contributed by atoms with Crippen molar-refractivity contribution in [1.29, 1.82) is 0 Å². The molecule has 0 radical (unpaired) electrons. The number of nitrogens with one attached hydrogen (secondary N) is 1. The number of benzene rings is 1. The van der Waals surface area contributed by atoms with E-state index >= 15 is 4.39 Å². The Morgan fingerprint density at radius 1 is 1.15 bits per heavy atom. The number of alkyl halides is 3. The van der Waals surface area contributed by atoms with Crippen molar-refractivity contribution in [3.05, 3.63) is 87.0 Å². The largest absolute Gasteiger partial charge is 0.467 e. The van der Waals surface area contributed by atoms with Gasteiger partial charge in [-0.3, -0.25) is 9.59 Å². The van der Waals surface area contributed by atoms with Crippen LogP contribution < -0.4 is 15.8 Å². The number of anilines is 1. The Balaban J connectivity index is 1.44. The smallest absolute Gasteiger partial charge is 0.411 e. The van der Waals surface area contributed by atoms with Gasteiger partial charge in [0, 0.05) is 55.0 Å². The molecule has 14 heteroatoms. The highest BCUT2D eigenvalue weighted by molar-refractivity contribution is 5.98. The molecule has 5 rings (SSSR count). The lowest BCUT2D eigenvalue weighted by Gasteiger charge is -2.38. The van der Waals surface area contributed by atoms with E-state index in [0.29, 0.717) is 22.5 Å². The van der Waals surface area contributed by atoms with Crippen molar-refractivity contribution in [3.63, 3.8) is 0 Å². The van der Waals surface area contributed by atoms with Crippen LogP contribution in [-0.2, 0) is 27.7 Å². The Kier molecular flexibility index (Phi) is 8.94. The number of rotatable bonds is 7. The van der Waals surface area contributed by atoms with Gasteiger partial charge in [0.25, 0.3) is 11.5 Å². The van der Waals surface area contributed by atoms with Crippen LogP contribution in [0, 0.1) is 26.6 Å². The van der Waals surface area contributed by atoms with Crippen molar-refractivity contribution in [3.8, 4) is 11.1 Å². The number of methoxy groups -OCH3 is 1. The Bertz CT molecular complexity index is 1860. The Hall–Kier alpha value is -4.72. The molecule has 1 aromatic carbocycles. The van der Waals surface area contributed by atoms with Crippen molar-refractivity contribution in [2.75, 3.05) is 31.8 Å². The average Bonchev–Trinajstić information content (AvgIpc) is 3.50. The molecule has 4 heterocycles. The molecular formula is C32H33F4N5O5. The molecule has 1 saturated heterocycles. The first-order valence-electron chi connectivity index (χ1n) is 14.4. The number of nitrogens with zero attached hydrogens (tertiary/aromatic N) is 4.